The number of sulfonamides is 1. The Morgan fingerprint density at radius 1 is 1.45 bits per heavy atom. The van der Waals surface area contributed by atoms with Crippen molar-refractivity contribution in [2.24, 2.45) is 5.73 Å². The number of benzene rings is 1. The van der Waals surface area contributed by atoms with Crippen molar-refractivity contribution in [1.82, 2.24) is 4.31 Å². The zero-order chi connectivity index (χ0) is 14.9. The molecule has 5 nitrogen and oxygen atoms in total. The molecule has 1 aliphatic rings. The second kappa shape index (κ2) is 6.02. The van der Waals surface area contributed by atoms with Crippen molar-refractivity contribution >= 4 is 26.0 Å². The van der Waals surface area contributed by atoms with Crippen LogP contribution in [0.15, 0.2) is 21.5 Å². The molecule has 1 saturated heterocycles. The highest BCUT2D eigenvalue weighted by Crippen LogP contribution is 2.29. The van der Waals surface area contributed by atoms with Gasteiger partial charge < -0.3 is 10.5 Å². The number of halogens is 3. The van der Waals surface area contributed by atoms with E-state index in [1.807, 2.05) is 0 Å². The number of nitrogens with two attached hydrogens (primary N) is 1. The molecule has 2 rings (SSSR count). The molecule has 1 unspecified atom stereocenters. The molecule has 1 aromatic carbocycles. The van der Waals surface area contributed by atoms with Gasteiger partial charge in [0.15, 0.2) is 0 Å². The summed E-state index contributed by atoms with van der Waals surface area (Å²) in [6.07, 6.45) is -0.430. The highest BCUT2D eigenvalue weighted by atomic mass is 79.9. The third-order valence-corrected chi connectivity index (χ3v) is 5.76. The summed E-state index contributed by atoms with van der Waals surface area (Å²) < 4.78 is 57.9. The Morgan fingerprint density at radius 3 is 2.75 bits per heavy atom. The van der Waals surface area contributed by atoms with Gasteiger partial charge in [0.2, 0.25) is 10.0 Å². The van der Waals surface area contributed by atoms with Gasteiger partial charge in [-0.05, 0) is 22.0 Å². The third kappa shape index (κ3) is 3.01. The summed E-state index contributed by atoms with van der Waals surface area (Å²) in [5.41, 5.74) is 5.45. The smallest absolute Gasteiger partial charge is 0.247 e. The summed E-state index contributed by atoms with van der Waals surface area (Å²) in [7, 11) is -4.07. The van der Waals surface area contributed by atoms with Gasteiger partial charge in [0.25, 0.3) is 0 Å². The first-order valence-electron chi connectivity index (χ1n) is 5.82. The van der Waals surface area contributed by atoms with E-state index in [0.717, 1.165) is 10.4 Å². The highest BCUT2D eigenvalue weighted by Gasteiger charge is 2.34. The molecule has 1 fully saturated rings. The minimum absolute atomic E-state index is 0.0437. The number of ether oxygens (including phenoxy) is 1. The van der Waals surface area contributed by atoms with Crippen LogP contribution < -0.4 is 5.73 Å². The monoisotopic (exact) mass is 370 g/mol. The third-order valence-electron chi connectivity index (χ3n) is 2.93. The van der Waals surface area contributed by atoms with E-state index in [0.29, 0.717) is 6.07 Å². The number of hydrogen-bond acceptors (Lipinski definition) is 4. The van der Waals surface area contributed by atoms with E-state index in [9.17, 15) is 17.2 Å². The normalized spacial score (nSPS) is 21.1. The minimum Gasteiger partial charge on any atom is -0.374 e. The maximum absolute atomic E-state index is 13.8. The molecule has 1 aliphatic heterocycles. The fourth-order valence-electron chi connectivity index (χ4n) is 1.96. The molecule has 0 bridgehead atoms. The van der Waals surface area contributed by atoms with E-state index >= 15 is 0 Å². The Kier molecular flexibility index (Phi) is 4.75. The summed E-state index contributed by atoms with van der Waals surface area (Å²) in [5, 5.41) is 0. The van der Waals surface area contributed by atoms with Crippen LogP contribution in [0, 0.1) is 11.6 Å². The molecule has 1 atom stereocenters. The first kappa shape index (κ1) is 15.8. The van der Waals surface area contributed by atoms with Crippen LogP contribution in [0.2, 0.25) is 0 Å². The lowest BCUT2D eigenvalue weighted by molar-refractivity contribution is 0.00443. The predicted octanol–water partition coefficient (Wildman–Crippen LogP) is 1.08. The van der Waals surface area contributed by atoms with E-state index in [1.165, 1.54) is 0 Å². The molecule has 0 saturated carbocycles. The number of morpholine rings is 1. The van der Waals surface area contributed by atoms with Gasteiger partial charge in [0, 0.05) is 30.2 Å². The molecule has 0 radical (unpaired) electrons. The first-order valence-corrected chi connectivity index (χ1v) is 8.06. The van der Waals surface area contributed by atoms with Crippen molar-refractivity contribution in [3.05, 3.63) is 28.2 Å². The van der Waals surface area contributed by atoms with E-state index in [4.69, 9.17) is 10.5 Å². The average molecular weight is 371 g/mol. The van der Waals surface area contributed by atoms with Gasteiger partial charge >= 0.3 is 0 Å². The van der Waals surface area contributed by atoms with Gasteiger partial charge in [0.1, 0.15) is 16.5 Å². The molecule has 0 aliphatic carbocycles. The first-order chi connectivity index (χ1) is 9.36. The van der Waals surface area contributed by atoms with Crippen molar-refractivity contribution in [2.75, 3.05) is 26.2 Å². The number of rotatable bonds is 3. The van der Waals surface area contributed by atoms with Gasteiger partial charge in [-0.25, -0.2) is 17.2 Å². The zero-order valence-electron chi connectivity index (χ0n) is 10.4. The van der Waals surface area contributed by atoms with Gasteiger partial charge in [-0.15, -0.1) is 0 Å². The van der Waals surface area contributed by atoms with Crippen molar-refractivity contribution in [3.63, 3.8) is 0 Å². The average Bonchev–Trinajstić information content (AvgIpc) is 2.37. The van der Waals surface area contributed by atoms with Crippen LogP contribution in [-0.4, -0.2) is 45.1 Å². The topological polar surface area (TPSA) is 72.6 Å². The summed E-state index contributed by atoms with van der Waals surface area (Å²) in [6, 6.07) is 1.45. The zero-order valence-corrected chi connectivity index (χ0v) is 12.8. The lowest BCUT2D eigenvalue weighted by Gasteiger charge is -2.31. The summed E-state index contributed by atoms with van der Waals surface area (Å²) >= 11 is 2.89. The standard InChI is InChI=1S/C11H13BrF2N2O3S/c12-9-3-7(13)4-10(14)11(9)20(17,18)16-1-2-19-8(5-15)6-16/h3-4,8H,1-2,5-6,15H2. The fraction of sp³-hybridized carbons (Fsp3) is 0.455. The van der Waals surface area contributed by atoms with Crippen LogP contribution in [0.5, 0.6) is 0 Å². The van der Waals surface area contributed by atoms with Crippen molar-refractivity contribution in [3.8, 4) is 0 Å². The Hall–Kier alpha value is -0.610. The second-order valence-electron chi connectivity index (χ2n) is 4.29. The molecule has 1 heterocycles. The molecule has 112 valence electrons. The molecule has 0 amide bonds. The van der Waals surface area contributed by atoms with Crippen molar-refractivity contribution in [1.29, 1.82) is 0 Å². The maximum Gasteiger partial charge on any atom is 0.247 e. The number of nitrogens with zero attached hydrogens (tertiary/aromatic N) is 1. The summed E-state index contributed by atoms with van der Waals surface area (Å²) in [4.78, 5) is -0.573. The summed E-state index contributed by atoms with van der Waals surface area (Å²) in [6.45, 7) is 0.491. The maximum atomic E-state index is 13.8. The van der Waals surface area contributed by atoms with Gasteiger partial charge in [0.05, 0.1) is 12.7 Å². The largest absolute Gasteiger partial charge is 0.374 e. The highest BCUT2D eigenvalue weighted by molar-refractivity contribution is 9.10. The molecule has 2 N–H and O–H groups in total. The molecular formula is C11H13BrF2N2O3S. The van der Waals surface area contributed by atoms with Gasteiger partial charge in [-0.2, -0.15) is 4.31 Å². The lowest BCUT2D eigenvalue weighted by Crippen LogP contribution is -2.48. The molecule has 0 spiro atoms. The summed E-state index contributed by atoms with van der Waals surface area (Å²) in [5.74, 6) is -1.98. The van der Waals surface area contributed by atoms with Crippen LogP contribution in [0.4, 0.5) is 8.78 Å². The Bertz CT molecular complexity index is 589. The van der Waals surface area contributed by atoms with Crippen molar-refractivity contribution < 1.29 is 21.9 Å². The van der Waals surface area contributed by atoms with Crippen molar-refractivity contribution in [2.45, 2.75) is 11.0 Å². The molecule has 9 heteroatoms. The lowest BCUT2D eigenvalue weighted by atomic mass is 10.3. The van der Waals surface area contributed by atoms with Crippen LogP contribution in [0.3, 0.4) is 0 Å². The molecule has 0 aromatic heterocycles. The van der Waals surface area contributed by atoms with E-state index in [1.54, 1.807) is 0 Å². The number of hydrogen-bond donors (Lipinski definition) is 1. The van der Waals surface area contributed by atoms with E-state index in [-0.39, 0.29) is 30.7 Å². The van der Waals surface area contributed by atoms with Crippen LogP contribution in [-0.2, 0) is 14.8 Å². The Labute approximate surface area is 123 Å². The Balaban J connectivity index is 2.40. The van der Waals surface area contributed by atoms with E-state index in [2.05, 4.69) is 15.9 Å². The van der Waals surface area contributed by atoms with Crippen LogP contribution >= 0.6 is 15.9 Å². The van der Waals surface area contributed by atoms with Gasteiger partial charge in [-0.1, -0.05) is 0 Å². The van der Waals surface area contributed by atoms with Crippen LogP contribution in [0.1, 0.15) is 0 Å². The van der Waals surface area contributed by atoms with Gasteiger partial charge in [-0.3, -0.25) is 0 Å². The molecule has 1 aromatic rings. The fourth-order valence-corrected chi connectivity index (χ4v) is 4.53. The van der Waals surface area contributed by atoms with E-state index < -0.39 is 32.7 Å². The predicted molar refractivity (Wildman–Crippen MR) is 71.6 cm³/mol. The SMILES string of the molecule is NCC1CN(S(=O)(=O)c2c(F)cc(F)cc2Br)CCO1. The quantitative estimate of drug-likeness (QED) is 0.863. The second-order valence-corrected chi connectivity index (χ2v) is 7.02. The molecular weight excluding hydrogens is 358 g/mol. The minimum atomic E-state index is -4.07. The Morgan fingerprint density at radius 2 is 2.15 bits per heavy atom. The molecule has 20 heavy (non-hydrogen) atoms. The van der Waals surface area contributed by atoms with Crippen LogP contribution in [0.25, 0.3) is 0 Å².